The maximum absolute atomic E-state index is 11.2. The minimum atomic E-state index is -1.44. The maximum Gasteiger partial charge on any atom is 0.296 e. The molecular formula is C14H20N2O7. The fraction of sp³-hybridized carbons (Fsp3) is 0.571. The molecule has 1 fully saturated rings. The summed E-state index contributed by atoms with van der Waals surface area (Å²) in [5.74, 6) is 0.346. The molecular weight excluding hydrogens is 308 g/mol. The minimum absolute atomic E-state index is 0.110. The lowest BCUT2D eigenvalue weighted by Gasteiger charge is -2.39. The summed E-state index contributed by atoms with van der Waals surface area (Å²) in [6.45, 7) is 3.66. The van der Waals surface area contributed by atoms with Crippen molar-refractivity contribution in [3.8, 4) is 5.75 Å². The van der Waals surface area contributed by atoms with Crippen molar-refractivity contribution >= 4 is 11.4 Å². The molecule has 1 aromatic carbocycles. The van der Waals surface area contributed by atoms with Crippen molar-refractivity contribution in [2.24, 2.45) is 0 Å². The Morgan fingerprint density at radius 2 is 2.00 bits per heavy atom. The van der Waals surface area contributed by atoms with Crippen LogP contribution in [-0.4, -0.2) is 57.5 Å². The van der Waals surface area contributed by atoms with Crippen molar-refractivity contribution in [3.05, 3.63) is 28.3 Å². The molecule has 1 aliphatic rings. The van der Waals surface area contributed by atoms with Crippen LogP contribution in [0.5, 0.6) is 5.75 Å². The molecule has 0 aliphatic carbocycles. The largest absolute Gasteiger partial charge is 0.494 e. The van der Waals surface area contributed by atoms with Gasteiger partial charge in [0.25, 0.3) is 5.69 Å². The summed E-state index contributed by atoms with van der Waals surface area (Å²) < 4.78 is 10.6. The van der Waals surface area contributed by atoms with Crippen molar-refractivity contribution < 1.29 is 29.7 Å². The molecule has 4 N–H and O–H groups in total. The first-order valence-electron chi connectivity index (χ1n) is 7.22. The van der Waals surface area contributed by atoms with Crippen LogP contribution in [0, 0.1) is 10.1 Å². The Morgan fingerprint density at radius 1 is 1.30 bits per heavy atom. The Labute approximate surface area is 132 Å². The van der Waals surface area contributed by atoms with Crippen molar-refractivity contribution in [2.75, 3.05) is 11.9 Å². The van der Waals surface area contributed by atoms with Gasteiger partial charge in [0.15, 0.2) is 6.23 Å². The summed E-state index contributed by atoms with van der Waals surface area (Å²) >= 11 is 0. The molecule has 23 heavy (non-hydrogen) atoms. The number of nitrogens with one attached hydrogen (secondary N) is 1. The molecule has 0 unspecified atom stereocenters. The third-order valence-electron chi connectivity index (χ3n) is 3.63. The molecule has 128 valence electrons. The molecule has 0 radical (unpaired) electrons. The van der Waals surface area contributed by atoms with Gasteiger partial charge in [-0.3, -0.25) is 10.1 Å². The average Bonchev–Trinajstić information content (AvgIpc) is 2.52. The van der Waals surface area contributed by atoms with E-state index in [0.29, 0.717) is 12.4 Å². The fourth-order valence-corrected chi connectivity index (χ4v) is 2.36. The number of nitrogens with zero attached hydrogens (tertiary/aromatic N) is 1. The van der Waals surface area contributed by atoms with Crippen molar-refractivity contribution in [2.45, 2.75) is 44.5 Å². The zero-order valence-electron chi connectivity index (χ0n) is 12.7. The van der Waals surface area contributed by atoms with Crippen LogP contribution < -0.4 is 10.1 Å². The highest BCUT2D eigenvalue weighted by Gasteiger charge is 2.42. The first-order valence-corrected chi connectivity index (χ1v) is 7.22. The number of aliphatic hydroxyl groups is 3. The van der Waals surface area contributed by atoms with E-state index in [1.807, 2.05) is 0 Å². The molecule has 0 bridgehead atoms. The van der Waals surface area contributed by atoms with Crippen molar-refractivity contribution in [3.63, 3.8) is 0 Å². The zero-order chi connectivity index (χ0) is 17.1. The van der Waals surface area contributed by atoms with Crippen molar-refractivity contribution in [1.29, 1.82) is 0 Å². The second-order valence-electron chi connectivity index (χ2n) is 5.25. The summed E-state index contributed by atoms with van der Waals surface area (Å²) in [5.41, 5.74) is -0.140. The van der Waals surface area contributed by atoms with E-state index < -0.39 is 35.6 Å². The minimum Gasteiger partial charge on any atom is -0.494 e. The number of aliphatic hydroxyl groups excluding tert-OH is 3. The van der Waals surface area contributed by atoms with Gasteiger partial charge < -0.3 is 30.1 Å². The lowest BCUT2D eigenvalue weighted by atomic mass is 9.99. The van der Waals surface area contributed by atoms with E-state index in [0.717, 1.165) is 0 Å². The first kappa shape index (κ1) is 17.4. The third-order valence-corrected chi connectivity index (χ3v) is 3.63. The topological polar surface area (TPSA) is 134 Å². The molecule has 0 spiro atoms. The molecule has 1 aromatic rings. The molecule has 1 saturated heterocycles. The molecule has 9 heteroatoms. The summed E-state index contributed by atoms with van der Waals surface area (Å²) in [5, 5.41) is 43.3. The predicted octanol–water partition coefficient (Wildman–Crippen LogP) is 0.233. The number of nitro groups is 1. The Hall–Kier alpha value is -1.94. The highest BCUT2D eigenvalue weighted by molar-refractivity contribution is 5.64. The molecule has 5 atom stereocenters. The third kappa shape index (κ3) is 3.70. The fourth-order valence-electron chi connectivity index (χ4n) is 2.36. The maximum atomic E-state index is 11.2. The van der Waals surface area contributed by atoms with Gasteiger partial charge >= 0.3 is 0 Å². The van der Waals surface area contributed by atoms with Crippen molar-refractivity contribution in [1.82, 2.24) is 0 Å². The number of ether oxygens (including phenoxy) is 2. The summed E-state index contributed by atoms with van der Waals surface area (Å²) in [4.78, 5) is 10.6. The van der Waals surface area contributed by atoms with Crippen LogP contribution in [0.25, 0.3) is 0 Å². The van der Waals surface area contributed by atoms with E-state index in [2.05, 4.69) is 5.32 Å². The molecule has 9 nitrogen and oxygen atoms in total. The highest BCUT2D eigenvalue weighted by atomic mass is 16.6. The summed E-state index contributed by atoms with van der Waals surface area (Å²) in [6, 6.07) is 4.24. The molecule has 0 aromatic heterocycles. The Morgan fingerprint density at radius 3 is 2.61 bits per heavy atom. The second-order valence-corrected chi connectivity index (χ2v) is 5.25. The zero-order valence-corrected chi connectivity index (χ0v) is 12.7. The van der Waals surface area contributed by atoms with E-state index in [1.165, 1.54) is 19.1 Å². The number of rotatable bonds is 5. The van der Waals surface area contributed by atoms with E-state index in [-0.39, 0.29) is 11.4 Å². The van der Waals surface area contributed by atoms with Gasteiger partial charge in [0.2, 0.25) is 0 Å². The van der Waals surface area contributed by atoms with Gasteiger partial charge in [-0.05, 0) is 26.0 Å². The Kier molecular flexibility index (Phi) is 5.37. The van der Waals surface area contributed by atoms with Crippen LogP contribution in [0.15, 0.2) is 18.2 Å². The van der Waals surface area contributed by atoms with Gasteiger partial charge in [0.1, 0.15) is 29.7 Å². The number of hydrogen-bond donors (Lipinski definition) is 4. The van der Waals surface area contributed by atoms with Crippen LogP contribution in [0.1, 0.15) is 13.8 Å². The predicted molar refractivity (Wildman–Crippen MR) is 80.2 cm³/mol. The van der Waals surface area contributed by atoms with Gasteiger partial charge in [0, 0.05) is 0 Å². The van der Waals surface area contributed by atoms with E-state index in [4.69, 9.17) is 9.47 Å². The number of benzene rings is 1. The molecule has 1 aliphatic heterocycles. The SMILES string of the molecule is CCOc1ccc(N[C@@H]2O[C@H](C)[C@H](O)[C@@H](O)[C@@H]2O)c([N+](=O)[O-])c1. The van der Waals surface area contributed by atoms with Gasteiger partial charge in [-0.2, -0.15) is 0 Å². The van der Waals surface area contributed by atoms with Crippen LogP contribution in [-0.2, 0) is 4.74 Å². The van der Waals surface area contributed by atoms with Gasteiger partial charge in [0.05, 0.1) is 23.7 Å². The standard InChI is InChI=1S/C14H20N2O7/c1-3-22-8-4-5-9(10(6-8)16(20)21)15-14-13(19)12(18)11(17)7(2)23-14/h4-7,11-15,17-19H,3H2,1-2H3/t7-,11+,12-,13+,14-/m1/s1. The number of hydrogen-bond acceptors (Lipinski definition) is 8. The molecule has 1 heterocycles. The van der Waals surface area contributed by atoms with Crippen LogP contribution >= 0.6 is 0 Å². The molecule has 0 saturated carbocycles. The summed E-state index contributed by atoms with van der Waals surface area (Å²) in [6.07, 6.45) is -5.93. The van der Waals surface area contributed by atoms with Gasteiger partial charge in [-0.25, -0.2) is 0 Å². The summed E-state index contributed by atoms with van der Waals surface area (Å²) in [7, 11) is 0. The van der Waals surface area contributed by atoms with Crippen LogP contribution in [0.3, 0.4) is 0 Å². The second kappa shape index (κ2) is 7.09. The lowest BCUT2D eigenvalue weighted by Crippen LogP contribution is -2.58. The Balaban J connectivity index is 2.23. The number of anilines is 1. The van der Waals surface area contributed by atoms with Gasteiger partial charge in [-0.15, -0.1) is 0 Å². The number of nitro benzene ring substituents is 1. The van der Waals surface area contributed by atoms with Gasteiger partial charge in [-0.1, -0.05) is 0 Å². The lowest BCUT2D eigenvalue weighted by molar-refractivity contribution is -0.384. The van der Waals surface area contributed by atoms with E-state index >= 15 is 0 Å². The molecule has 2 rings (SSSR count). The quantitative estimate of drug-likeness (QED) is 0.446. The Bertz CT molecular complexity index is 568. The van der Waals surface area contributed by atoms with E-state index in [9.17, 15) is 25.4 Å². The monoisotopic (exact) mass is 328 g/mol. The smallest absolute Gasteiger partial charge is 0.296 e. The average molecular weight is 328 g/mol. The van der Waals surface area contributed by atoms with Crippen LogP contribution in [0.4, 0.5) is 11.4 Å². The first-order chi connectivity index (χ1) is 10.8. The molecule has 0 amide bonds. The normalized spacial score (nSPS) is 30.7. The van der Waals surface area contributed by atoms with E-state index in [1.54, 1.807) is 13.0 Å². The van der Waals surface area contributed by atoms with Crippen LogP contribution in [0.2, 0.25) is 0 Å². The highest BCUT2D eigenvalue weighted by Crippen LogP contribution is 2.31.